The Kier molecular flexibility index (Phi) is 7.21. The van der Waals surface area contributed by atoms with Crippen LogP contribution >= 0.6 is 0 Å². The molecule has 3 nitrogen and oxygen atoms in total. The maximum Gasteiger partial charge on any atom is 0.152 e. The van der Waals surface area contributed by atoms with Gasteiger partial charge in [0.15, 0.2) is 5.82 Å². The summed E-state index contributed by atoms with van der Waals surface area (Å²) >= 11 is 0. The molecule has 0 radical (unpaired) electrons. The zero-order valence-corrected chi connectivity index (χ0v) is 22.5. The van der Waals surface area contributed by atoms with Gasteiger partial charge in [0.25, 0.3) is 0 Å². The van der Waals surface area contributed by atoms with Crippen molar-refractivity contribution < 1.29 is 4.39 Å². The van der Waals surface area contributed by atoms with Crippen LogP contribution < -0.4 is 0 Å². The van der Waals surface area contributed by atoms with Gasteiger partial charge < -0.3 is 0 Å². The number of hydrogen-bond donors (Lipinski definition) is 0. The van der Waals surface area contributed by atoms with Gasteiger partial charge in [0.2, 0.25) is 0 Å². The average molecular weight is 458 g/mol. The Hall–Kier alpha value is -3.14. The van der Waals surface area contributed by atoms with Crippen LogP contribution in [0.4, 0.5) is 15.8 Å². The molecule has 1 aromatic heterocycles. The van der Waals surface area contributed by atoms with Crippen LogP contribution in [-0.4, -0.2) is 16.4 Å². The zero-order valence-electron chi connectivity index (χ0n) is 22.5. The second-order valence-electron chi connectivity index (χ2n) is 9.44. The summed E-state index contributed by atoms with van der Waals surface area (Å²) in [6.45, 7) is 22.3. The lowest BCUT2D eigenvalue weighted by Gasteiger charge is -2.16. The van der Waals surface area contributed by atoms with Crippen molar-refractivity contribution in [1.29, 1.82) is 0 Å². The van der Waals surface area contributed by atoms with Crippen molar-refractivity contribution in [3.8, 4) is 0 Å². The molecule has 0 spiro atoms. The first-order valence-electron chi connectivity index (χ1n) is 11.8. The number of benzene rings is 2. The molecule has 0 saturated carbocycles. The van der Waals surface area contributed by atoms with E-state index in [2.05, 4.69) is 39.6 Å². The van der Waals surface area contributed by atoms with Gasteiger partial charge in [0, 0.05) is 0 Å². The van der Waals surface area contributed by atoms with Crippen molar-refractivity contribution in [3.05, 3.63) is 85.5 Å². The highest BCUT2D eigenvalue weighted by molar-refractivity contribution is 6.02. The van der Waals surface area contributed by atoms with Gasteiger partial charge in [-0.3, -0.25) is 4.99 Å². The maximum absolute atomic E-state index is 15.1. The molecule has 1 heterocycles. The minimum Gasteiger partial charge on any atom is -0.251 e. The van der Waals surface area contributed by atoms with Crippen molar-refractivity contribution >= 4 is 22.8 Å². The van der Waals surface area contributed by atoms with Crippen molar-refractivity contribution in [2.24, 2.45) is 9.98 Å². The standard InChI is InChI=1S/C30H36FN3/c1-15-17(3)21(7)29(22(8)18(15)4)32-24(10)26-13-12-14-27(34-26)25(11)33-30-23(9)19(5)16(2)20(6)28(30)31/h12-14H,1-11H3. The summed E-state index contributed by atoms with van der Waals surface area (Å²) in [5.41, 5.74) is 14.3. The fourth-order valence-electron chi connectivity index (χ4n) is 4.32. The Morgan fingerprint density at radius 2 is 0.912 bits per heavy atom. The Labute approximate surface area is 203 Å². The first-order chi connectivity index (χ1) is 15.9. The Morgan fingerprint density at radius 3 is 1.38 bits per heavy atom. The van der Waals surface area contributed by atoms with Crippen LogP contribution in [0.2, 0.25) is 0 Å². The highest BCUT2D eigenvalue weighted by Gasteiger charge is 2.16. The molecule has 0 atom stereocenters. The monoisotopic (exact) mass is 457 g/mol. The van der Waals surface area contributed by atoms with Crippen LogP contribution in [0.1, 0.15) is 75.3 Å². The molecule has 0 N–H and O–H groups in total. The lowest BCUT2D eigenvalue weighted by atomic mass is 9.93. The summed E-state index contributed by atoms with van der Waals surface area (Å²) in [6, 6.07) is 5.82. The van der Waals surface area contributed by atoms with E-state index >= 15 is 4.39 Å². The van der Waals surface area contributed by atoms with Gasteiger partial charge in [-0.2, -0.15) is 0 Å². The van der Waals surface area contributed by atoms with Crippen molar-refractivity contribution in [2.75, 3.05) is 0 Å². The fraction of sp³-hybridized carbons (Fsp3) is 0.367. The molecule has 3 rings (SSSR count). The van der Waals surface area contributed by atoms with Crippen molar-refractivity contribution in [1.82, 2.24) is 4.98 Å². The van der Waals surface area contributed by atoms with E-state index in [1.807, 2.05) is 59.7 Å². The van der Waals surface area contributed by atoms with Crippen LogP contribution in [-0.2, 0) is 0 Å². The molecule has 3 aromatic rings. The van der Waals surface area contributed by atoms with Gasteiger partial charge in [0.05, 0.1) is 28.5 Å². The van der Waals surface area contributed by atoms with Crippen molar-refractivity contribution in [3.63, 3.8) is 0 Å². The lowest BCUT2D eigenvalue weighted by Crippen LogP contribution is -2.06. The third-order valence-electron chi connectivity index (χ3n) is 7.59. The average Bonchev–Trinajstić information content (AvgIpc) is 2.84. The largest absolute Gasteiger partial charge is 0.251 e. The summed E-state index contributed by atoms with van der Waals surface area (Å²) < 4.78 is 15.1. The zero-order chi connectivity index (χ0) is 25.5. The van der Waals surface area contributed by atoms with Crippen LogP contribution in [0, 0.1) is 68.1 Å². The Morgan fingerprint density at radius 1 is 0.559 bits per heavy atom. The van der Waals surface area contributed by atoms with Crippen LogP contribution in [0.15, 0.2) is 28.2 Å². The Bertz CT molecular complexity index is 1200. The Balaban J connectivity index is 2.08. The van der Waals surface area contributed by atoms with Gasteiger partial charge in [-0.1, -0.05) is 6.07 Å². The molecule has 4 heteroatoms. The number of pyridine rings is 1. The minimum absolute atomic E-state index is 0.259. The first-order valence-corrected chi connectivity index (χ1v) is 11.8. The van der Waals surface area contributed by atoms with E-state index in [0.717, 1.165) is 33.8 Å². The number of rotatable bonds is 4. The number of halogens is 1. The fourth-order valence-corrected chi connectivity index (χ4v) is 4.32. The number of nitrogens with zero attached hydrogens (tertiary/aromatic N) is 3. The molecular weight excluding hydrogens is 421 g/mol. The quantitative estimate of drug-likeness (QED) is 0.363. The second-order valence-corrected chi connectivity index (χ2v) is 9.44. The van der Waals surface area contributed by atoms with E-state index in [9.17, 15) is 0 Å². The molecule has 0 amide bonds. The topological polar surface area (TPSA) is 37.6 Å². The van der Waals surface area contributed by atoms with E-state index in [1.54, 1.807) is 0 Å². The predicted molar refractivity (Wildman–Crippen MR) is 143 cm³/mol. The summed E-state index contributed by atoms with van der Waals surface area (Å²) in [7, 11) is 0. The van der Waals surface area contributed by atoms with Gasteiger partial charge in [-0.15, -0.1) is 0 Å². The van der Waals surface area contributed by atoms with E-state index < -0.39 is 0 Å². The summed E-state index contributed by atoms with van der Waals surface area (Å²) in [4.78, 5) is 14.5. The molecule has 34 heavy (non-hydrogen) atoms. The molecule has 0 fully saturated rings. The maximum atomic E-state index is 15.1. The van der Waals surface area contributed by atoms with E-state index in [1.165, 1.54) is 27.8 Å². The first kappa shape index (κ1) is 25.5. The number of hydrogen-bond acceptors (Lipinski definition) is 3. The number of aromatic nitrogens is 1. The second kappa shape index (κ2) is 9.61. The van der Waals surface area contributed by atoms with Gasteiger partial charge in [-0.05, 0) is 138 Å². The molecular formula is C30H36FN3. The van der Waals surface area contributed by atoms with Gasteiger partial charge >= 0.3 is 0 Å². The van der Waals surface area contributed by atoms with Crippen molar-refractivity contribution in [2.45, 2.75) is 76.2 Å². The minimum atomic E-state index is -0.259. The smallest absolute Gasteiger partial charge is 0.152 e. The van der Waals surface area contributed by atoms with Crippen LogP contribution in [0.25, 0.3) is 0 Å². The molecule has 0 bridgehead atoms. The third-order valence-corrected chi connectivity index (χ3v) is 7.59. The molecule has 2 aromatic carbocycles. The van der Waals surface area contributed by atoms with Gasteiger partial charge in [-0.25, -0.2) is 14.4 Å². The summed E-state index contributed by atoms with van der Waals surface area (Å²) in [5.74, 6) is -0.259. The van der Waals surface area contributed by atoms with Crippen LogP contribution in [0.3, 0.4) is 0 Å². The molecule has 0 saturated heterocycles. The number of aliphatic imine (C=N–C) groups is 2. The van der Waals surface area contributed by atoms with E-state index in [-0.39, 0.29) is 5.82 Å². The highest BCUT2D eigenvalue weighted by Crippen LogP contribution is 2.34. The lowest BCUT2D eigenvalue weighted by molar-refractivity contribution is 0.617. The van der Waals surface area contributed by atoms with E-state index in [0.29, 0.717) is 22.7 Å². The molecule has 0 aliphatic carbocycles. The third kappa shape index (κ3) is 4.46. The van der Waals surface area contributed by atoms with E-state index in [4.69, 9.17) is 9.98 Å². The highest BCUT2D eigenvalue weighted by atomic mass is 19.1. The molecule has 178 valence electrons. The summed E-state index contributed by atoms with van der Waals surface area (Å²) in [6.07, 6.45) is 0. The van der Waals surface area contributed by atoms with Gasteiger partial charge in [0.1, 0.15) is 5.69 Å². The molecule has 0 aliphatic rings. The molecule has 0 unspecified atom stereocenters. The molecule has 0 aliphatic heterocycles. The normalized spacial score (nSPS) is 12.5. The predicted octanol–water partition coefficient (Wildman–Crippen LogP) is 8.28. The summed E-state index contributed by atoms with van der Waals surface area (Å²) in [5, 5.41) is 0. The SMILES string of the molecule is CC(=Nc1c(C)c(C)c(C)c(C)c1C)c1cccc(C(C)=Nc2c(C)c(C)c(C)c(C)c2F)n1. The van der Waals surface area contributed by atoms with Crippen LogP contribution in [0.5, 0.6) is 0 Å².